The number of Topliss-reactive ketones (excluding diaryl/α,β-unsaturated/α-hetero) is 1. The molecule has 0 saturated heterocycles. The zero-order valence-corrected chi connectivity index (χ0v) is 21.7. The molecule has 0 unspecified atom stereocenters. The van der Waals surface area contributed by atoms with Gasteiger partial charge in [0.05, 0.1) is 0 Å². The van der Waals surface area contributed by atoms with Gasteiger partial charge < -0.3 is 30.3 Å². The zero-order chi connectivity index (χ0) is 28.2. The van der Waals surface area contributed by atoms with E-state index in [4.69, 9.17) is 4.74 Å². The number of ether oxygens (including phenoxy) is 1. The van der Waals surface area contributed by atoms with Gasteiger partial charge in [-0.15, -0.1) is 0 Å². The van der Waals surface area contributed by atoms with E-state index in [9.17, 15) is 30.3 Å². The van der Waals surface area contributed by atoms with Crippen molar-refractivity contribution in [3.63, 3.8) is 0 Å². The smallest absolute Gasteiger partial charge is 0.170 e. The van der Waals surface area contributed by atoms with Crippen LogP contribution in [-0.2, 0) is 12.8 Å². The van der Waals surface area contributed by atoms with Gasteiger partial charge in [0.1, 0.15) is 46.2 Å². The van der Waals surface area contributed by atoms with Crippen molar-refractivity contribution < 1.29 is 35.1 Å². The fourth-order valence-electron chi connectivity index (χ4n) is 5.08. The first kappa shape index (κ1) is 26.7. The van der Waals surface area contributed by atoms with E-state index in [0.29, 0.717) is 24.8 Å². The van der Waals surface area contributed by atoms with Crippen molar-refractivity contribution in [3.8, 4) is 34.5 Å². The number of phenolic OH excluding ortho intramolecular Hbond substituents is 5. The number of phenols is 5. The third-order valence-electron chi connectivity index (χ3n) is 7.20. The molecule has 2 atom stereocenters. The van der Waals surface area contributed by atoms with E-state index in [-0.39, 0.29) is 58.2 Å². The van der Waals surface area contributed by atoms with Crippen molar-refractivity contribution in [1.29, 1.82) is 0 Å². The van der Waals surface area contributed by atoms with Crippen LogP contribution in [0.1, 0.15) is 51.6 Å². The number of carbonyl (C=O) groups excluding carboxylic acids is 1. The van der Waals surface area contributed by atoms with Crippen LogP contribution in [-0.4, -0.2) is 31.3 Å². The van der Waals surface area contributed by atoms with Crippen LogP contribution in [0.25, 0.3) is 6.08 Å². The molecule has 1 aliphatic rings. The molecule has 0 amide bonds. The zero-order valence-electron chi connectivity index (χ0n) is 21.7. The Morgan fingerprint density at radius 1 is 0.800 bits per heavy atom. The lowest BCUT2D eigenvalue weighted by Gasteiger charge is -2.35. The van der Waals surface area contributed by atoms with E-state index in [1.807, 2.05) is 12.2 Å². The monoisotopic (exact) mass is 538 g/mol. The second kappa shape index (κ2) is 11.5. The highest BCUT2D eigenvalue weighted by molar-refractivity contribution is 6.02. The minimum absolute atomic E-state index is 0.0356. The molecule has 0 fully saturated rings. The molecule has 4 aromatic rings. The molecule has 204 valence electrons. The summed E-state index contributed by atoms with van der Waals surface area (Å²) in [5.41, 5.74) is 3.07. The molecule has 5 rings (SSSR count). The first-order valence-electron chi connectivity index (χ1n) is 13.1. The number of ketones is 1. The number of aromatic hydroxyl groups is 5. The van der Waals surface area contributed by atoms with E-state index < -0.39 is 6.10 Å². The fourth-order valence-corrected chi connectivity index (χ4v) is 5.08. The molecule has 7 heteroatoms. The van der Waals surface area contributed by atoms with E-state index >= 15 is 0 Å². The standard InChI is InChI=1S/C33H30O7/c34-24-11-4-20(5-12-24)2-1-3-23-18-27-29(38)19-30(39)31(28(37)17-8-21-6-13-25(35)14-7-21)33(27)40-32(23)22-9-15-26(36)16-10-22/h1-2,4-7,9-16,19,23,32,34-36,38-39H,3,8,17-18H2/b2-1+/t23-,32+/m1/s1. The average molecular weight is 539 g/mol. The molecule has 0 radical (unpaired) electrons. The van der Waals surface area contributed by atoms with Crippen molar-refractivity contribution in [1.82, 2.24) is 0 Å². The molecule has 4 aromatic carbocycles. The maximum atomic E-state index is 13.4. The molecule has 0 saturated carbocycles. The van der Waals surface area contributed by atoms with Gasteiger partial charge in [-0.2, -0.15) is 0 Å². The summed E-state index contributed by atoms with van der Waals surface area (Å²) < 4.78 is 6.45. The molecule has 1 aliphatic heterocycles. The summed E-state index contributed by atoms with van der Waals surface area (Å²) >= 11 is 0. The Labute approximate surface area is 231 Å². The van der Waals surface area contributed by atoms with Gasteiger partial charge in [-0.3, -0.25) is 4.79 Å². The summed E-state index contributed by atoms with van der Waals surface area (Å²) in [5, 5.41) is 50.4. The average Bonchev–Trinajstić information content (AvgIpc) is 2.94. The van der Waals surface area contributed by atoms with Crippen LogP contribution in [0, 0.1) is 5.92 Å². The number of hydrogen-bond acceptors (Lipinski definition) is 7. The number of benzene rings is 4. The van der Waals surface area contributed by atoms with Crippen LogP contribution in [0.4, 0.5) is 0 Å². The minimum Gasteiger partial charge on any atom is -0.508 e. The van der Waals surface area contributed by atoms with Gasteiger partial charge in [0.25, 0.3) is 0 Å². The Balaban J connectivity index is 1.45. The Morgan fingerprint density at radius 3 is 2.05 bits per heavy atom. The third kappa shape index (κ3) is 5.89. The molecule has 0 bridgehead atoms. The summed E-state index contributed by atoms with van der Waals surface area (Å²) in [4.78, 5) is 13.4. The van der Waals surface area contributed by atoms with Gasteiger partial charge in [0.2, 0.25) is 0 Å². The summed E-state index contributed by atoms with van der Waals surface area (Å²) in [6, 6.07) is 21.3. The maximum absolute atomic E-state index is 13.4. The van der Waals surface area contributed by atoms with Crippen molar-refractivity contribution >= 4 is 11.9 Å². The first-order chi connectivity index (χ1) is 19.3. The minimum atomic E-state index is -0.512. The Kier molecular flexibility index (Phi) is 7.64. The molecule has 0 aromatic heterocycles. The summed E-state index contributed by atoms with van der Waals surface area (Å²) in [5.74, 6) is -0.316. The topological polar surface area (TPSA) is 127 Å². The third-order valence-corrected chi connectivity index (χ3v) is 7.20. The van der Waals surface area contributed by atoms with E-state index in [1.165, 1.54) is 6.07 Å². The highest BCUT2D eigenvalue weighted by Gasteiger charge is 2.36. The maximum Gasteiger partial charge on any atom is 0.170 e. The number of rotatable bonds is 8. The number of hydrogen-bond donors (Lipinski definition) is 5. The van der Waals surface area contributed by atoms with E-state index in [1.54, 1.807) is 72.8 Å². The van der Waals surface area contributed by atoms with Gasteiger partial charge in [-0.25, -0.2) is 0 Å². The summed E-state index contributed by atoms with van der Waals surface area (Å²) in [7, 11) is 0. The van der Waals surface area contributed by atoms with Crippen LogP contribution in [0.15, 0.2) is 84.9 Å². The van der Waals surface area contributed by atoms with E-state index in [0.717, 1.165) is 16.7 Å². The van der Waals surface area contributed by atoms with Gasteiger partial charge in [0, 0.05) is 24.0 Å². The molecule has 0 spiro atoms. The van der Waals surface area contributed by atoms with Crippen molar-refractivity contribution in [2.75, 3.05) is 0 Å². The number of aryl methyl sites for hydroxylation is 1. The molecule has 5 N–H and O–H groups in total. The second-order valence-electron chi connectivity index (χ2n) is 10.0. The Morgan fingerprint density at radius 2 is 1.40 bits per heavy atom. The van der Waals surface area contributed by atoms with E-state index in [2.05, 4.69) is 0 Å². The first-order valence-corrected chi connectivity index (χ1v) is 13.1. The summed E-state index contributed by atoms with van der Waals surface area (Å²) in [6.07, 6.45) is 4.91. The largest absolute Gasteiger partial charge is 0.508 e. The Hall–Kier alpha value is -4.91. The van der Waals surface area contributed by atoms with Crippen LogP contribution in [0.3, 0.4) is 0 Å². The van der Waals surface area contributed by atoms with Crippen molar-refractivity contribution in [3.05, 3.63) is 113 Å². The predicted molar refractivity (Wildman–Crippen MR) is 151 cm³/mol. The highest BCUT2D eigenvalue weighted by Crippen LogP contribution is 2.48. The summed E-state index contributed by atoms with van der Waals surface area (Å²) in [6.45, 7) is 0. The SMILES string of the molecule is O=C(CCc1ccc(O)cc1)c1c(O)cc(O)c2c1O[C@@H](c1ccc(O)cc1)[C@H](C/C=C/c1ccc(O)cc1)C2. The lowest BCUT2D eigenvalue weighted by atomic mass is 9.82. The van der Waals surface area contributed by atoms with Crippen molar-refractivity contribution in [2.24, 2.45) is 5.92 Å². The molecule has 1 heterocycles. The lowest BCUT2D eigenvalue weighted by molar-refractivity contribution is 0.0933. The van der Waals surface area contributed by atoms with Gasteiger partial charge in [0.15, 0.2) is 5.78 Å². The fraction of sp³-hybridized carbons (Fsp3) is 0.182. The number of carbonyl (C=O) groups is 1. The van der Waals surface area contributed by atoms with Crippen molar-refractivity contribution in [2.45, 2.75) is 31.8 Å². The van der Waals surface area contributed by atoms with Gasteiger partial charge in [-0.05, 0) is 72.4 Å². The van der Waals surface area contributed by atoms with Crippen LogP contribution >= 0.6 is 0 Å². The van der Waals surface area contributed by atoms with Crippen LogP contribution < -0.4 is 4.74 Å². The van der Waals surface area contributed by atoms with Crippen LogP contribution in [0.5, 0.6) is 34.5 Å². The van der Waals surface area contributed by atoms with Crippen LogP contribution in [0.2, 0.25) is 0 Å². The second-order valence-corrected chi connectivity index (χ2v) is 10.0. The predicted octanol–water partition coefficient (Wildman–Crippen LogP) is 6.43. The molecule has 7 nitrogen and oxygen atoms in total. The Bertz CT molecular complexity index is 1520. The molecular weight excluding hydrogens is 508 g/mol. The van der Waals surface area contributed by atoms with Gasteiger partial charge >= 0.3 is 0 Å². The van der Waals surface area contributed by atoms with Gasteiger partial charge in [-0.1, -0.05) is 48.6 Å². The highest BCUT2D eigenvalue weighted by atomic mass is 16.5. The number of fused-ring (bicyclic) bond motifs is 1. The quantitative estimate of drug-likeness (QED) is 0.164. The normalized spacial score (nSPS) is 16.4. The molecular formula is C33H30O7. The number of allylic oxidation sites excluding steroid dienone is 1. The molecule has 0 aliphatic carbocycles. The lowest BCUT2D eigenvalue weighted by Crippen LogP contribution is -2.27. The molecule has 40 heavy (non-hydrogen) atoms.